The van der Waals surface area contributed by atoms with Gasteiger partial charge in [0.2, 0.25) is 0 Å². The van der Waals surface area contributed by atoms with Gasteiger partial charge in [0.05, 0.1) is 6.26 Å². The van der Waals surface area contributed by atoms with Crippen molar-refractivity contribution in [1.29, 1.82) is 0 Å². The number of amides is 2. The molecule has 0 atom stereocenters. The smallest absolute Gasteiger partial charge is 0.272 e. The van der Waals surface area contributed by atoms with Gasteiger partial charge >= 0.3 is 0 Å². The molecule has 2 N–H and O–H groups in total. The molecular formula is C28H21N3O4. The third kappa shape index (κ3) is 6.49. The van der Waals surface area contributed by atoms with Crippen LogP contribution in [0.5, 0.6) is 0 Å². The van der Waals surface area contributed by atoms with Crippen LogP contribution in [0.4, 0.5) is 5.69 Å². The second-order valence-corrected chi connectivity index (χ2v) is 7.41. The van der Waals surface area contributed by atoms with Crippen molar-refractivity contribution in [1.82, 2.24) is 10.3 Å². The van der Waals surface area contributed by atoms with Gasteiger partial charge in [-0.1, -0.05) is 24.3 Å². The van der Waals surface area contributed by atoms with Crippen molar-refractivity contribution in [3.8, 4) is 0 Å². The largest absolute Gasteiger partial charge is 0.465 e. The first kappa shape index (κ1) is 23.1. The van der Waals surface area contributed by atoms with Gasteiger partial charge in [0.25, 0.3) is 11.8 Å². The summed E-state index contributed by atoms with van der Waals surface area (Å²) in [6, 6.07) is 22.0. The predicted molar refractivity (Wildman–Crippen MR) is 133 cm³/mol. The second kappa shape index (κ2) is 11.2. The number of hydrogen-bond acceptors (Lipinski definition) is 5. The van der Waals surface area contributed by atoms with Crippen LogP contribution < -0.4 is 10.6 Å². The van der Waals surface area contributed by atoms with Gasteiger partial charge in [-0.25, -0.2) is 0 Å². The fraction of sp³-hybridized carbons (Fsp3) is 0. The first-order chi connectivity index (χ1) is 17.1. The predicted octanol–water partition coefficient (Wildman–Crippen LogP) is 4.98. The van der Waals surface area contributed by atoms with E-state index in [1.807, 2.05) is 6.07 Å². The summed E-state index contributed by atoms with van der Waals surface area (Å²) < 4.78 is 5.29. The number of allylic oxidation sites excluding steroid dienone is 1. The van der Waals surface area contributed by atoms with Gasteiger partial charge in [-0.2, -0.15) is 0 Å². The van der Waals surface area contributed by atoms with Crippen LogP contribution in [0.25, 0.3) is 12.2 Å². The summed E-state index contributed by atoms with van der Waals surface area (Å²) in [5.74, 6) is -0.744. The minimum Gasteiger partial charge on any atom is -0.465 e. The first-order valence-electron chi connectivity index (χ1n) is 10.7. The normalized spacial score (nSPS) is 11.3. The van der Waals surface area contributed by atoms with Crippen molar-refractivity contribution < 1.29 is 18.8 Å². The molecule has 7 heteroatoms. The molecule has 0 unspecified atom stereocenters. The SMILES string of the molecule is O=C(Nc1ccc(C(=O)/C=C/c2cccnc2)cc1)/C(=C/c1ccco1)NC(=O)c1ccccc1. The molecule has 0 saturated carbocycles. The Bertz CT molecular complexity index is 1360. The lowest BCUT2D eigenvalue weighted by molar-refractivity contribution is -0.113. The van der Waals surface area contributed by atoms with Gasteiger partial charge in [-0.05, 0) is 72.3 Å². The highest BCUT2D eigenvalue weighted by Gasteiger charge is 2.16. The molecule has 7 nitrogen and oxygen atoms in total. The third-order valence-electron chi connectivity index (χ3n) is 4.90. The zero-order chi connectivity index (χ0) is 24.5. The van der Waals surface area contributed by atoms with Crippen molar-refractivity contribution in [2.24, 2.45) is 0 Å². The number of pyridine rings is 1. The van der Waals surface area contributed by atoms with E-state index in [4.69, 9.17) is 4.42 Å². The molecule has 172 valence electrons. The molecule has 2 aromatic carbocycles. The van der Waals surface area contributed by atoms with Gasteiger partial charge in [-0.3, -0.25) is 19.4 Å². The van der Waals surface area contributed by atoms with Crippen LogP contribution in [-0.2, 0) is 4.79 Å². The average Bonchev–Trinajstić information content (AvgIpc) is 3.41. The van der Waals surface area contributed by atoms with Crippen molar-refractivity contribution in [2.75, 3.05) is 5.32 Å². The summed E-state index contributed by atoms with van der Waals surface area (Å²) in [4.78, 5) is 42.0. The van der Waals surface area contributed by atoms with Crippen molar-refractivity contribution in [3.63, 3.8) is 0 Å². The average molecular weight is 463 g/mol. The number of furan rings is 1. The Hall–Kier alpha value is -5.04. The molecule has 0 bridgehead atoms. The first-order valence-corrected chi connectivity index (χ1v) is 10.7. The minimum absolute atomic E-state index is 0.00774. The molecule has 2 aromatic heterocycles. The van der Waals surface area contributed by atoms with E-state index in [-0.39, 0.29) is 11.5 Å². The molecular weight excluding hydrogens is 442 g/mol. The number of aromatic nitrogens is 1. The molecule has 0 saturated heterocycles. The maximum atomic E-state index is 13.0. The molecule has 0 aliphatic carbocycles. The van der Waals surface area contributed by atoms with Crippen LogP contribution in [0.2, 0.25) is 0 Å². The molecule has 2 amide bonds. The number of nitrogens with one attached hydrogen (secondary N) is 2. The minimum atomic E-state index is -0.541. The van der Waals surface area contributed by atoms with E-state index < -0.39 is 11.8 Å². The summed E-state index contributed by atoms with van der Waals surface area (Å²) in [5.41, 5.74) is 2.16. The molecule has 4 aromatic rings. The third-order valence-corrected chi connectivity index (χ3v) is 4.90. The standard InChI is InChI=1S/C28H21N3O4/c32-26(15-10-20-6-4-16-29-19-20)21-11-13-23(14-12-21)30-28(34)25(18-24-9-5-17-35-24)31-27(33)22-7-2-1-3-8-22/h1-19H,(H,30,34)(H,31,33)/b15-10+,25-18-. The van der Waals surface area contributed by atoms with Gasteiger partial charge in [0, 0.05) is 35.3 Å². The Kier molecular flexibility index (Phi) is 7.40. The Morgan fingerprint density at radius 2 is 1.63 bits per heavy atom. The summed E-state index contributed by atoms with van der Waals surface area (Å²) in [5, 5.41) is 5.37. The lowest BCUT2D eigenvalue weighted by atomic mass is 10.1. The highest BCUT2D eigenvalue weighted by Crippen LogP contribution is 2.14. The topological polar surface area (TPSA) is 101 Å². The van der Waals surface area contributed by atoms with E-state index in [9.17, 15) is 14.4 Å². The number of anilines is 1. The van der Waals surface area contributed by atoms with E-state index in [1.54, 1.807) is 91.3 Å². The number of carbonyl (C=O) groups is 3. The van der Waals surface area contributed by atoms with Gasteiger partial charge < -0.3 is 15.1 Å². The molecule has 0 spiro atoms. The number of benzene rings is 2. The van der Waals surface area contributed by atoms with E-state index in [1.165, 1.54) is 18.4 Å². The van der Waals surface area contributed by atoms with Crippen LogP contribution in [0, 0.1) is 0 Å². The Labute approximate surface area is 201 Å². The number of carbonyl (C=O) groups excluding carboxylic acids is 3. The van der Waals surface area contributed by atoms with Crippen LogP contribution in [0.3, 0.4) is 0 Å². The molecule has 0 fully saturated rings. The monoisotopic (exact) mass is 463 g/mol. The van der Waals surface area contributed by atoms with Crippen LogP contribution in [0.15, 0.2) is 114 Å². The number of ketones is 1. The highest BCUT2D eigenvalue weighted by atomic mass is 16.3. The van der Waals surface area contributed by atoms with Gasteiger partial charge in [0.15, 0.2) is 5.78 Å². The lowest BCUT2D eigenvalue weighted by Gasteiger charge is -2.11. The van der Waals surface area contributed by atoms with E-state index >= 15 is 0 Å². The lowest BCUT2D eigenvalue weighted by Crippen LogP contribution is -2.30. The molecule has 0 aliphatic rings. The maximum absolute atomic E-state index is 13.0. The summed E-state index contributed by atoms with van der Waals surface area (Å²) >= 11 is 0. The van der Waals surface area contributed by atoms with Crippen molar-refractivity contribution >= 4 is 35.4 Å². The van der Waals surface area contributed by atoms with E-state index in [0.717, 1.165) is 5.56 Å². The van der Waals surface area contributed by atoms with Crippen LogP contribution in [0.1, 0.15) is 32.0 Å². The molecule has 0 aliphatic heterocycles. The number of nitrogens with zero attached hydrogens (tertiary/aromatic N) is 1. The number of hydrogen-bond donors (Lipinski definition) is 2. The Morgan fingerprint density at radius 3 is 2.31 bits per heavy atom. The summed E-state index contributed by atoms with van der Waals surface area (Å²) in [6.07, 6.45) is 9.39. The van der Waals surface area contributed by atoms with Crippen LogP contribution >= 0.6 is 0 Å². The molecule has 0 radical (unpaired) electrons. The summed E-state index contributed by atoms with van der Waals surface area (Å²) in [6.45, 7) is 0. The van der Waals surface area contributed by atoms with E-state index in [2.05, 4.69) is 15.6 Å². The Morgan fingerprint density at radius 1 is 0.829 bits per heavy atom. The molecule has 35 heavy (non-hydrogen) atoms. The van der Waals surface area contributed by atoms with Crippen molar-refractivity contribution in [2.45, 2.75) is 0 Å². The van der Waals surface area contributed by atoms with E-state index in [0.29, 0.717) is 22.6 Å². The fourth-order valence-corrected chi connectivity index (χ4v) is 3.12. The zero-order valence-corrected chi connectivity index (χ0v) is 18.5. The molecule has 4 rings (SSSR count). The van der Waals surface area contributed by atoms with Gasteiger partial charge in [0.1, 0.15) is 11.5 Å². The van der Waals surface area contributed by atoms with Crippen LogP contribution in [-0.4, -0.2) is 22.6 Å². The van der Waals surface area contributed by atoms with Crippen molar-refractivity contribution in [3.05, 3.63) is 132 Å². The molecule has 2 heterocycles. The zero-order valence-electron chi connectivity index (χ0n) is 18.5. The quantitative estimate of drug-likeness (QED) is 0.283. The summed E-state index contributed by atoms with van der Waals surface area (Å²) in [7, 11) is 0. The maximum Gasteiger partial charge on any atom is 0.272 e. The number of rotatable bonds is 8. The highest BCUT2D eigenvalue weighted by molar-refractivity contribution is 6.11. The Balaban J connectivity index is 1.46. The van der Waals surface area contributed by atoms with Gasteiger partial charge in [-0.15, -0.1) is 0 Å². The fourth-order valence-electron chi connectivity index (χ4n) is 3.12. The second-order valence-electron chi connectivity index (χ2n) is 7.41.